The van der Waals surface area contributed by atoms with Crippen LogP contribution in [0.25, 0.3) is 0 Å². The molecule has 3 nitrogen and oxygen atoms in total. The summed E-state index contributed by atoms with van der Waals surface area (Å²) in [6.45, 7) is 6.39. The van der Waals surface area contributed by atoms with Crippen molar-refractivity contribution in [1.29, 1.82) is 0 Å². The maximum atomic E-state index is 4.69. The molecule has 1 N–H and O–H groups in total. The highest BCUT2D eigenvalue weighted by Crippen LogP contribution is 2.30. The lowest BCUT2D eigenvalue weighted by Gasteiger charge is -2.33. The average molecular weight is 334 g/mol. The Kier molecular flexibility index (Phi) is 3.69. The Labute approximate surface area is 128 Å². The lowest BCUT2D eigenvalue weighted by atomic mass is 9.89. The zero-order valence-corrected chi connectivity index (χ0v) is 13.6. The molecule has 1 aromatic carbocycles. The van der Waals surface area contributed by atoms with Crippen molar-refractivity contribution in [1.82, 2.24) is 14.9 Å². The van der Waals surface area contributed by atoms with Crippen LogP contribution in [0.15, 0.2) is 35.1 Å². The summed E-state index contributed by atoms with van der Waals surface area (Å²) >= 11 is 3.54. The van der Waals surface area contributed by atoms with Gasteiger partial charge in [0.05, 0.1) is 17.6 Å². The molecular weight excluding hydrogens is 314 g/mol. The Morgan fingerprint density at radius 3 is 3.05 bits per heavy atom. The first kappa shape index (κ1) is 13.8. The highest BCUT2D eigenvalue weighted by Gasteiger charge is 2.33. The first-order chi connectivity index (χ1) is 9.62. The highest BCUT2D eigenvalue weighted by molar-refractivity contribution is 9.10. The summed E-state index contributed by atoms with van der Waals surface area (Å²) in [6, 6.07) is 8.48. The monoisotopic (exact) mass is 333 g/mol. The number of hydrogen-bond acceptors (Lipinski definition) is 2. The number of fused-ring (bicyclic) bond motifs is 1. The van der Waals surface area contributed by atoms with Crippen LogP contribution in [0, 0.1) is 0 Å². The minimum absolute atomic E-state index is 0.0239. The van der Waals surface area contributed by atoms with E-state index >= 15 is 0 Å². The number of benzene rings is 1. The predicted octanol–water partition coefficient (Wildman–Crippen LogP) is 3.46. The molecule has 4 heteroatoms. The van der Waals surface area contributed by atoms with Crippen molar-refractivity contribution in [2.45, 2.75) is 38.8 Å². The van der Waals surface area contributed by atoms with Gasteiger partial charge in [-0.1, -0.05) is 35.0 Å². The molecule has 106 valence electrons. The van der Waals surface area contributed by atoms with E-state index in [-0.39, 0.29) is 5.54 Å². The van der Waals surface area contributed by atoms with E-state index in [2.05, 4.69) is 68.9 Å². The van der Waals surface area contributed by atoms with E-state index in [0.717, 1.165) is 30.4 Å². The topological polar surface area (TPSA) is 29.9 Å². The van der Waals surface area contributed by atoms with Gasteiger partial charge >= 0.3 is 0 Å². The zero-order valence-electron chi connectivity index (χ0n) is 12.0. The first-order valence-electron chi connectivity index (χ1n) is 7.16. The van der Waals surface area contributed by atoms with Crippen LogP contribution in [-0.2, 0) is 18.5 Å². The summed E-state index contributed by atoms with van der Waals surface area (Å²) in [6.07, 6.45) is 4.11. The average Bonchev–Trinajstić information content (AvgIpc) is 2.84. The molecule has 1 aliphatic rings. The van der Waals surface area contributed by atoms with Crippen molar-refractivity contribution < 1.29 is 0 Å². The molecule has 0 saturated carbocycles. The van der Waals surface area contributed by atoms with Crippen molar-refractivity contribution in [3.05, 3.63) is 52.0 Å². The van der Waals surface area contributed by atoms with Gasteiger partial charge < -0.3 is 9.88 Å². The molecule has 0 spiro atoms. The number of nitrogens with one attached hydrogen (secondary N) is 1. The van der Waals surface area contributed by atoms with Crippen LogP contribution in [-0.4, -0.2) is 16.1 Å². The summed E-state index contributed by atoms with van der Waals surface area (Å²) in [5.74, 6) is 0. The van der Waals surface area contributed by atoms with Crippen LogP contribution in [0.4, 0.5) is 0 Å². The second-order valence-electron chi connectivity index (χ2n) is 5.66. The Morgan fingerprint density at radius 1 is 1.45 bits per heavy atom. The fraction of sp³-hybridized carbons (Fsp3) is 0.438. The van der Waals surface area contributed by atoms with E-state index in [0.29, 0.717) is 0 Å². The third kappa shape index (κ3) is 2.42. The van der Waals surface area contributed by atoms with Crippen molar-refractivity contribution in [2.75, 3.05) is 6.54 Å². The molecule has 0 bridgehead atoms. The molecule has 0 amide bonds. The van der Waals surface area contributed by atoms with Crippen molar-refractivity contribution in [3.8, 4) is 0 Å². The highest BCUT2D eigenvalue weighted by atomic mass is 79.9. The molecule has 20 heavy (non-hydrogen) atoms. The molecule has 1 aliphatic heterocycles. The van der Waals surface area contributed by atoms with E-state index in [1.807, 2.05) is 6.33 Å². The van der Waals surface area contributed by atoms with Crippen molar-refractivity contribution in [2.24, 2.45) is 0 Å². The molecule has 0 aliphatic carbocycles. The van der Waals surface area contributed by atoms with Gasteiger partial charge in [-0.2, -0.15) is 0 Å². The number of rotatable bonds is 3. The minimum atomic E-state index is 0.0239. The predicted molar refractivity (Wildman–Crippen MR) is 84.8 cm³/mol. The van der Waals surface area contributed by atoms with Crippen molar-refractivity contribution in [3.63, 3.8) is 0 Å². The molecule has 0 radical (unpaired) electrons. The fourth-order valence-electron chi connectivity index (χ4n) is 2.93. The summed E-state index contributed by atoms with van der Waals surface area (Å²) < 4.78 is 3.43. The number of hydrogen-bond donors (Lipinski definition) is 1. The quantitative estimate of drug-likeness (QED) is 0.932. The molecule has 0 fully saturated rings. The molecule has 0 saturated heterocycles. The molecule has 1 atom stereocenters. The largest absolute Gasteiger partial charge is 0.330 e. The number of halogens is 1. The molecule has 1 aromatic heterocycles. The van der Waals surface area contributed by atoms with Crippen LogP contribution in [0.1, 0.15) is 37.2 Å². The number of aromatic nitrogens is 2. The second kappa shape index (κ2) is 5.34. The Balaban J connectivity index is 1.93. The van der Waals surface area contributed by atoms with Crippen LogP contribution in [0.3, 0.4) is 0 Å². The van der Waals surface area contributed by atoms with Gasteiger partial charge in [0.25, 0.3) is 0 Å². The molecule has 2 aromatic rings. The van der Waals surface area contributed by atoms with E-state index in [1.54, 1.807) is 0 Å². The van der Waals surface area contributed by atoms with Gasteiger partial charge in [0.1, 0.15) is 0 Å². The third-order valence-corrected chi connectivity index (χ3v) is 4.79. The SMILES string of the molecule is CCC1(C)NCCc2c1ncn2Cc1cccc(Br)c1. The molecule has 2 heterocycles. The van der Waals surface area contributed by atoms with E-state index in [1.165, 1.54) is 17.0 Å². The standard InChI is InChI=1S/C16H20BrN3/c1-3-16(2)15-14(7-8-19-16)20(11-18-15)10-12-5-4-6-13(17)9-12/h4-6,9,11,19H,3,7-8,10H2,1-2H3. The first-order valence-corrected chi connectivity index (χ1v) is 7.95. The molecule has 3 rings (SSSR count). The zero-order chi connectivity index (χ0) is 14.2. The summed E-state index contributed by atoms with van der Waals surface area (Å²) in [5.41, 5.74) is 3.93. The normalized spacial score (nSPS) is 21.8. The van der Waals surface area contributed by atoms with Gasteiger partial charge in [0, 0.05) is 29.7 Å². The summed E-state index contributed by atoms with van der Waals surface area (Å²) in [4.78, 5) is 4.69. The van der Waals surface area contributed by atoms with Gasteiger partial charge in [-0.15, -0.1) is 0 Å². The summed E-state index contributed by atoms with van der Waals surface area (Å²) in [5, 5.41) is 3.60. The Hall–Kier alpha value is -1.13. The van der Waals surface area contributed by atoms with Gasteiger partial charge in [-0.3, -0.25) is 0 Å². The van der Waals surface area contributed by atoms with Gasteiger partial charge in [-0.05, 0) is 31.0 Å². The van der Waals surface area contributed by atoms with Gasteiger partial charge in [0.2, 0.25) is 0 Å². The van der Waals surface area contributed by atoms with Crippen LogP contribution >= 0.6 is 15.9 Å². The lowest BCUT2D eigenvalue weighted by molar-refractivity contribution is 0.324. The fourth-order valence-corrected chi connectivity index (χ4v) is 3.38. The third-order valence-electron chi connectivity index (χ3n) is 4.29. The van der Waals surface area contributed by atoms with E-state index < -0.39 is 0 Å². The maximum Gasteiger partial charge on any atom is 0.0955 e. The van der Waals surface area contributed by atoms with Gasteiger partial charge in [0.15, 0.2) is 0 Å². The summed E-state index contributed by atoms with van der Waals surface area (Å²) in [7, 11) is 0. The van der Waals surface area contributed by atoms with Crippen molar-refractivity contribution >= 4 is 15.9 Å². The van der Waals surface area contributed by atoms with E-state index in [4.69, 9.17) is 0 Å². The second-order valence-corrected chi connectivity index (χ2v) is 6.58. The lowest BCUT2D eigenvalue weighted by Crippen LogP contribution is -2.45. The Morgan fingerprint density at radius 2 is 2.30 bits per heavy atom. The minimum Gasteiger partial charge on any atom is -0.330 e. The maximum absolute atomic E-state index is 4.69. The van der Waals surface area contributed by atoms with Crippen LogP contribution in [0.2, 0.25) is 0 Å². The smallest absolute Gasteiger partial charge is 0.0955 e. The van der Waals surface area contributed by atoms with Gasteiger partial charge in [-0.25, -0.2) is 4.98 Å². The number of nitrogens with zero attached hydrogens (tertiary/aromatic N) is 2. The molecule has 1 unspecified atom stereocenters. The van der Waals surface area contributed by atoms with Crippen LogP contribution < -0.4 is 5.32 Å². The number of imidazole rings is 1. The van der Waals surface area contributed by atoms with E-state index in [9.17, 15) is 0 Å². The molecular formula is C16H20BrN3. The Bertz CT molecular complexity index is 620. The van der Waals surface area contributed by atoms with Crippen LogP contribution in [0.5, 0.6) is 0 Å².